The van der Waals surface area contributed by atoms with E-state index in [0.717, 1.165) is 6.54 Å². The summed E-state index contributed by atoms with van der Waals surface area (Å²) in [5, 5.41) is 22.7. The highest BCUT2D eigenvalue weighted by atomic mass is 19.1. The maximum absolute atomic E-state index is 17.0. The summed E-state index contributed by atoms with van der Waals surface area (Å²) in [6.45, 7) is 7.25. The fourth-order valence-electron chi connectivity index (χ4n) is 7.36. The molecule has 252 valence electrons. The monoisotopic (exact) mass is 653 g/mol. The molecule has 9 nitrogen and oxygen atoms in total. The number of β-amino-alcohol motifs (C(OH)–C–C–N with tert-alkyl or cyclic N) is 1. The Kier molecular flexibility index (Phi) is 8.86. The summed E-state index contributed by atoms with van der Waals surface area (Å²) in [7, 11) is 3.38. The maximum Gasteiger partial charge on any atom is 0.319 e. The third-order valence-electron chi connectivity index (χ3n) is 9.84. The van der Waals surface area contributed by atoms with Crippen LogP contribution in [0.4, 0.5) is 19.0 Å². The number of alkyl halides is 1. The SMILES string of the molecule is CCc1c(F)ccc2cc(O)cc(-c3nc(OC)c4c(N5CCC[C@@](C)(O)C5)nc(OC[C@]5(C)CN(C)CC[C@@H]5CF)nc4c3F)c12. The third-order valence-corrected chi connectivity index (χ3v) is 9.84. The molecule has 2 N–H and O–H groups in total. The second-order valence-electron chi connectivity index (χ2n) is 13.7. The van der Waals surface area contributed by atoms with E-state index < -0.39 is 29.3 Å². The van der Waals surface area contributed by atoms with Crippen LogP contribution >= 0.6 is 0 Å². The summed E-state index contributed by atoms with van der Waals surface area (Å²) < 4.78 is 58.1. The number of hydrogen-bond donors (Lipinski definition) is 2. The number of fused-ring (bicyclic) bond motifs is 2. The molecule has 2 saturated heterocycles. The first-order chi connectivity index (χ1) is 22.4. The third kappa shape index (κ3) is 6.13. The summed E-state index contributed by atoms with van der Waals surface area (Å²) in [5.41, 5.74) is -1.36. The van der Waals surface area contributed by atoms with Crippen molar-refractivity contribution in [1.82, 2.24) is 19.9 Å². The molecule has 4 heterocycles. The van der Waals surface area contributed by atoms with Gasteiger partial charge in [-0.25, -0.2) is 13.8 Å². The van der Waals surface area contributed by atoms with E-state index in [4.69, 9.17) is 14.5 Å². The second-order valence-corrected chi connectivity index (χ2v) is 13.7. The van der Waals surface area contributed by atoms with Crippen LogP contribution < -0.4 is 14.4 Å². The lowest BCUT2D eigenvalue weighted by Crippen LogP contribution is -2.49. The van der Waals surface area contributed by atoms with Gasteiger partial charge in [-0.05, 0) is 86.7 Å². The number of aliphatic hydroxyl groups is 1. The quantitative estimate of drug-likeness (QED) is 0.235. The lowest BCUT2D eigenvalue weighted by molar-refractivity contribution is 0.000292. The average molecular weight is 654 g/mol. The number of aromatic hydroxyl groups is 1. The maximum atomic E-state index is 17.0. The molecule has 0 radical (unpaired) electrons. The highest BCUT2D eigenvalue weighted by molar-refractivity contribution is 6.03. The van der Waals surface area contributed by atoms with Gasteiger partial charge in [0.1, 0.15) is 34.0 Å². The number of methoxy groups -OCH3 is 1. The minimum absolute atomic E-state index is 0.0208. The molecule has 2 aliphatic heterocycles. The fourth-order valence-corrected chi connectivity index (χ4v) is 7.36. The molecule has 0 amide bonds. The molecule has 4 aromatic rings. The van der Waals surface area contributed by atoms with E-state index in [1.807, 2.05) is 18.9 Å². The Hall–Kier alpha value is -3.90. The predicted molar refractivity (Wildman–Crippen MR) is 175 cm³/mol. The Bertz CT molecular complexity index is 1820. The number of piperidine rings is 2. The van der Waals surface area contributed by atoms with E-state index in [-0.39, 0.29) is 64.7 Å². The zero-order chi connectivity index (χ0) is 33.7. The predicted octanol–water partition coefficient (Wildman–Crippen LogP) is 6.06. The van der Waals surface area contributed by atoms with Crippen molar-refractivity contribution >= 4 is 27.5 Å². The number of ether oxygens (including phenoxy) is 2. The first-order valence-corrected chi connectivity index (χ1v) is 16.1. The van der Waals surface area contributed by atoms with Crippen molar-refractivity contribution < 1.29 is 32.9 Å². The van der Waals surface area contributed by atoms with Gasteiger partial charge in [0.05, 0.1) is 26.0 Å². The lowest BCUT2D eigenvalue weighted by Gasteiger charge is -2.43. The molecule has 0 bridgehead atoms. The van der Waals surface area contributed by atoms with Crippen LogP contribution in [0.3, 0.4) is 0 Å². The Morgan fingerprint density at radius 2 is 1.85 bits per heavy atom. The molecular weight excluding hydrogens is 611 g/mol. The van der Waals surface area contributed by atoms with Gasteiger partial charge in [-0.2, -0.15) is 9.97 Å². The zero-order valence-corrected chi connectivity index (χ0v) is 27.5. The first-order valence-electron chi connectivity index (χ1n) is 16.1. The molecule has 6 rings (SSSR count). The minimum atomic E-state index is -1.02. The summed E-state index contributed by atoms with van der Waals surface area (Å²) in [5.74, 6) is -1.35. The number of nitrogens with zero attached hydrogens (tertiary/aromatic N) is 5. The number of pyridine rings is 1. The molecular formula is C35H42F3N5O4. The average Bonchev–Trinajstić information content (AvgIpc) is 3.03. The topological polar surface area (TPSA) is 104 Å². The normalized spacial score (nSPS) is 23.9. The molecule has 2 aromatic carbocycles. The number of phenolic OH excluding ortho intramolecular Hbond substituents is 1. The van der Waals surface area contributed by atoms with Gasteiger partial charge in [0.2, 0.25) is 5.88 Å². The first kappa shape index (κ1) is 33.0. The molecule has 3 atom stereocenters. The summed E-state index contributed by atoms with van der Waals surface area (Å²) in [4.78, 5) is 17.8. The number of halogens is 3. The lowest BCUT2D eigenvalue weighted by atomic mass is 9.73. The van der Waals surface area contributed by atoms with Crippen molar-refractivity contribution in [2.45, 2.75) is 52.1 Å². The Labute approximate surface area is 272 Å². The van der Waals surface area contributed by atoms with Gasteiger partial charge in [-0.1, -0.05) is 19.9 Å². The molecule has 0 saturated carbocycles. The standard InChI is InChI=1S/C35H42F3N5O4/c1-6-23-25(37)9-8-20-14-22(44)15-24(26(20)23)29-28(38)30-27(32(39-29)46-5)31(43-12-7-11-35(3,45)18-43)41-33(40-30)47-19-34(2)17-42(4)13-10-21(34)16-36/h8-9,14-15,21,44-45H,6-7,10-13,16-19H2,1-5H3/t21-,34+,35-/m1/s1. The van der Waals surface area contributed by atoms with Crippen LogP contribution in [0.25, 0.3) is 32.9 Å². The van der Waals surface area contributed by atoms with E-state index >= 15 is 8.78 Å². The number of benzene rings is 2. The smallest absolute Gasteiger partial charge is 0.319 e. The van der Waals surface area contributed by atoms with Crippen LogP contribution in [0.1, 0.15) is 45.6 Å². The Morgan fingerprint density at radius 1 is 1.06 bits per heavy atom. The van der Waals surface area contributed by atoms with Crippen LogP contribution in [0, 0.1) is 23.0 Å². The Morgan fingerprint density at radius 3 is 2.55 bits per heavy atom. The highest BCUT2D eigenvalue weighted by Crippen LogP contribution is 2.43. The van der Waals surface area contributed by atoms with Crippen molar-refractivity contribution in [2.75, 3.05) is 58.5 Å². The van der Waals surface area contributed by atoms with Gasteiger partial charge in [-0.3, -0.25) is 4.39 Å². The number of likely N-dealkylation sites (tertiary alicyclic amines) is 1. The number of aromatic nitrogens is 3. The molecule has 0 spiro atoms. The molecule has 2 fully saturated rings. The molecule has 0 aliphatic carbocycles. The van der Waals surface area contributed by atoms with Crippen molar-refractivity contribution in [3.63, 3.8) is 0 Å². The van der Waals surface area contributed by atoms with Gasteiger partial charge in [-0.15, -0.1) is 0 Å². The fraction of sp³-hybridized carbons (Fsp3) is 0.514. The van der Waals surface area contributed by atoms with E-state index in [0.29, 0.717) is 55.1 Å². The van der Waals surface area contributed by atoms with Gasteiger partial charge < -0.3 is 29.5 Å². The number of aryl methyl sites for hydroxylation is 1. The summed E-state index contributed by atoms with van der Waals surface area (Å²) in [6.07, 6.45) is 2.24. The molecule has 2 aromatic heterocycles. The van der Waals surface area contributed by atoms with Crippen LogP contribution in [-0.4, -0.2) is 89.3 Å². The van der Waals surface area contributed by atoms with Gasteiger partial charge in [0.25, 0.3) is 0 Å². The van der Waals surface area contributed by atoms with E-state index in [9.17, 15) is 14.6 Å². The van der Waals surface area contributed by atoms with Crippen LogP contribution in [0.5, 0.6) is 17.6 Å². The van der Waals surface area contributed by atoms with Crippen LogP contribution in [-0.2, 0) is 6.42 Å². The Balaban J connectivity index is 1.57. The van der Waals surface area contributed by atoms with Gasteiger partial charge >= 0.3 is 6.01 Å². The molecule has 0 unspecified atom stereocenters. The minimum Gasteiger partial charge on any atom is -0.508 e. The molecule has 2 aliphatic rings. The van der Waals surface area contributed by atoms with Crippen molar-refractivity contribution in [2.24, 2.45) is 11.3 Å². The van der Waals surface area contributed by atoms with Crippen molar-refractivity contribution in [3.05, 3.63) is 41.5 Å². The van der Waals surface area contributed by atoms with Gasteiger partial charge in [0, 0.05) is 30.6 Å². The number of anilines is 1. The van der Waals surface area contributed by atoms with Crippen LogP contribution in [0.15, 0.2) is 24.3 Å². The van der Waals surface area contributed by atoms with E-state index in [2.05, 4.69) is 14.9 Å². The zero-order valence-electron chi connectivity index (χ0n) is 27.5. The molecule has 47 heavy (non-hydrogen) atoms. The number of hydrogen-bond acceptors (Lipinski definition) is 9. The summed E-state index contributed by atoms with van der Waals surface area (Å²) in [6, 6.07) is 5.60. The van der Waals surface area contributed by atoms with Crippen molar-refractivity contribution in [1.29, 1.82) is 0 Å². The molecule has 12 heteroatoms. The van der Waals surface area contributed by atoms with Gasteiger partial charge in [0.15, 0.2) is 5.82 Å². The second kappa shape index (κ2) is 12.6. The van der Waals surface area contributed by atoms with Crippen LogP contribution in [0.2, 0.25) is 0 Å². The summed E-state index contributed by atoms with van der Waals surface area (Å²) >= 11 is 0. The highest BCUT2D eigenvalue weighted by Gasteiger charge is 2.40. The largest absolute Gasteiger partial charge is 0.508 e. The number of rotatable bonds is 8. The number of phenols is 1. The van der Waals surface area contributed by atoms with E-state index in [1.165, 1.54) is 31.4 Å². The van der Waals surface area contributed by atoms with Crippen molar-refractivity contribution in [3.8, 4) is 28.9 Å². The van der Waals surface area contributed by atoms with E-state index in [1.54, 1.807) is 13.8 Å².